The van der Waals surface area contributed by atoms with E-state index in [1.165, 1.54) is 24.6 Å². The summed E-state index contributed by atoms with van der Waals surface area (Å²) in [6.45, 7) is 11.1. The van der Waals surface area contributed by atoms with E-state index < -0.39 is 0 Å². The molecule has 0 heterocycles. The van der Waals surface area contributed by atoms with Crippen LogP contribution in [-0.2, 0) is 0 Å². The maximum Gasteiger partial charge on any atom is 0.128 e. The van der Waals surface area contributed by atoms with Crippen molar-refractivity contribution in [3.63, 3.8) is 0 Å². The highest BCUT2D eigenvalue weighted by Gasteiger charge is 2.38. The van der Waals surface area contributed by atoms with Gasteiger partial charge in [-0.15, -0.1) is 0 Å². The van der Waals surface area contributed by atoms with Crippen molar-refractivity contribution < 1.29 is 8.78 Å². The Morgan fingerprint density at radius 1 is 1.10 bits per heavy atom. The van der Waals surface area contributed by atoms with E-state index in [0.717, 1.165) is 12.8 Å². The minimum atomic E-state index is -0.385. The van der Waals surface area contributed by atoms with Crippen LogP contribution in [-0.4, -0.2) is 6.04 Å². The van der Waals surface area contributed by atoms with Gasteiger partial charge in [0.1, 0.15) is 11.6 Å². The first-order chi connectivity index (χ1) is 9.58. The number of nitrogens with one attached hydrogen (secondary N) is 1. The number of rotatable bonds is 3. The average molecular weight is 295 g/mol. The molecule has 0 spiro atoms. The fourth-order valence-corrected chi connectivity index (χ4v) is 4.25. The molecule has 1 aliphatic carbocycles. The molecule has 0 aromatic heterocycles. The molecule has 1 nitrogen and oxygen atoms in total. The highest BCUT2D eigenvalue weighted by molar-refractivity contribution is 5.22. The van der Waals surface area contributed by atoms with E-state index in [4.69, 9.17) is 0 Å². The molecule has 0 saturated heterocycles. The molecule has 118 valence electrons. The van der Waals surface area contributed by atoms with Crippen molar-refractivity contribution >= 4 is 0 Å². The molecule has 0 aliphatic heterocycles. The van der Waals surface area contributed by atoms with Crippen molar-refractivity contribution in [2.45, 2.75) is 66.0 Å². The van der Waals surface area contributed by atoms with Gasteiger partial charge >= 0.3 is 0 Å². The fraction of sp³-hybridized carbons (Fsp3) is 0.667. The smallest absolute Gasteiger partial charge is 0.128 e. The Bertz CT molecular complexity index is 492. The van der Waals surface area contributed by atoms with Crippen LogP contribution in [0.2, 0.25) is 0 Å². The Labute approximate surface area is 127 Å². The summed E-state index contributed by atoms with van der Waals surface area (Å²) in [6, 6.07) is 3.82. The van der Waals surface area contributed by atoms with Crippen LogP contribution in [0.4, 0.5) is 8.78 Å². The third-order valence-electron chi connectivity index (χ3n) is 4.47. The molecule has 3 heteroatoms. The molecular formula is C18H27F2N. The van der Waals surface area contributed by atoms with Crippen molar-refractivity contribution in [1.29, 1.82) is 0 Å². The summed E-state index contributed by atoms with van der Waals surface area (Å²) in [6.07, 6.45) is 3.33. The summed E-state index contributed by atoms with van der Waals surface area (Å²) in [5.74, 6) is -0.727. The third kappa shape index (κ3) is 4.26. The maximum atomic E-state index is 13.9. The van der Waals surface area contributed by atoms with Crippen LogP contribution in [0.5, 0.6) is 0 Å². The van der Waals surface area contributed by atoms with Gasteiger partial charge in [0.25, 0.3) is 0 Å². The second-order valence-electron chi connectivity index (χ2n) is 8.16. The summed E-state index contributed by atoms with van der Waals surface area (Å²) >= 11 is 0. The van der Waals surface area contributed by atoms with Crippen molar-refractivity contribution in [1.82, 2.24) is 5.32 Å². The molecule has 1 aromatic carbocycles. The fourth-order valence-electron chi connectivity index (χ4n) is 4.25. The molecule has 1 aliphatic rings. The average Bonchev–Trinajstić information content (AvgIpc) is 2.27. The standard InChI is InChI=1S/C18H27F2N/c1-12(15-8-13(19)6-7-16(15)20)21-14-9-17(2,3)11-18(4,5)10-14/h6-8,12,14,21H,9-11H2,1-5H3. The van der Waals surface area contributed by atoms with E-state index in [-0.39, 0.29) is 28.5 Å². The van der Waals surface area contributed by atoms with Gasteiger partial charge in [-0.05, 0) is 55.2 Å². The Morgan fingerprint density at radius 3 is 2.24 bits per heavy atom. The van der Waals surface area contributed by atoms with E-state index in [1.54, 1.807) is 0 Å². The molecule has 0 bridgehead atoms. The SMILES string of the molecule is CC(NC1CC(C)(C)CC(C)(C)C1)c1cc(F)ccc1F. The molecule has 1 fully saturated rings. The normalized spacial score (nSPS) is 23.0. The highest BCUT2D eigenvalue weighted by Crippen LogP contribution is 2.46. The van der Waals surface area contributed by atoms with Crippen LogP contribution < -0.4 is 5.32 Å². The summed E-state index contributed by atoms with van der Waals surface area (Å²) < 4.78 is 27.2. The van der Waals surface area contributed by atoms with Gasteiger partial charge in [0.2, 0.25) is 0 Å². The summed E-state index contributed by atoms with van der Waals surface area (Å²) in [4.78, 5) is 0. The molecule has 2 rings (SSSR count). The first-order valence-corrected chi connectivity index (χ1v) is 7.79. The molecule has 1 N–H and O–H groups in total. The second kappa shape index (κ2) is 5.68. The topological polar surface area (TPSA) is 12.0 Å². The number of hydrogen-bond donors (Lipinski definition) is 1. The Balaban J connectivity index is 2.12. The van der Waals surface area contributed by atoms with Gasteiger partial charge in [0.05, 0.1) is 0 Å². The monoisotopic (exact) mass is 295 g/mol. The first kappa shape index (κ1) is 16.4. The van der Waals surface area contributed by atoms with Gasteiger partial charge in [-0.25, -0.2) is 8.78 Å². The Kier molecular flexibility index (Phi) is 4.44. The van der Waals surface area contributed by atoms with Crippen molar-refractivity contribution in [2.75, 3.05) is 0 Å². The molecule has 21 heavy (non-hydrogen) atoms. The molecule has 1 aromatic rings. The summed E-state index contributed by atoms with van der Waals surface area (Å²) in [5, 5.41) is 3.51. The van der Waals surface area contributed by atoms with Crippen LogP contribution in [0.15, 0.2) is 18.2 Å². The predicted molar refractivity (Wildman–Crippen MR) is 83.1 cm³/mol. The summed E-state index contributed by atoms with van der Waals surface area (Å²) in [5.41, 5.74) is 0.968. The van der Waals surface area contributed by atoms with Crippen molar-refractivity contribution in [2.24, 2.45) is 10.8 Å². The zero-order valence-corrected chi connectivity index (χ0v) is 13.8. The van der Waals surface area contributed by atoms with Crippen LogP contribution in [0, 0.1) is 22.5 Å². The van der Waals surface area contributed by atoms with E-state index in [9.17, 15) is 8.78 Å². The lowest BCUT2D eigenvalue weighted by atomic mass is 9.63. The van der Waals surface area contributed by atoms with Crippen LogP contribution in [0.1, 0.15) is 65.5 Å². The molecular weight excluding hydrogens is 268 g/mol. The minimum absolute atomic E-state index is 0.185. The van der Waals surface area contributed by atoms with Crippen LogP contribution in [0.25, 0.3) is 0 Å². The lowest BCUT2D eigenvalue weighted by molar-refractivity contribution is 0.0809. The van der Waals surface area contributed by atoms with Gasteiger partial charge in [-0.1, -0.05) is 27.7 Å². The lowest BCUT2D eigenvalue weighted by Crippen LogP contribution is -2.44. The molecule has 1 saturated carbocycles. The summed E-state index contributed by atoms with van der Waals surface area (Å²) in [7, 11) is 0. The molecule has 1 unspecified atom stereocenters. The van der Waals surface area contributed by atoms with Gasteiger partial charge < -0.3 is 5.32 Å². The van der Waals surface area contributed by atoms with Crippen molar-refractivity contribution in [3.8, 4) is 0 Å². The van der Waals surface area contributed by atoms with Crippen molar-refractivity contribution in [3.05, 3.63) is 35.4 Å². The van der Waals surface area contributed by atoms with Gasteiger partial charge in [0.15, 0.2) is 0 Å². The number of halogens is 2. The van der Waals surface area contributed by atoms with E-state index in [0.29, 0.717) is 11.6 Å². The molecule has 1 atom stereocenters. The second-order valence-corrected chi connectivity index (χ2v) is 8.16. The highest BCUT2D eigenvalue weighted by atomic mass is 19.1. The van der Waals surface area contributed by atoms with E-state index in [1.807, 2.05) is 6.92 Å². The Morgan fingerprint density at radius 2 is 1.67 bits per heavy atom. The van der Waals surface area contributed by atoms with Crippen LogP contribution >= 0.6 is 0 Å². The number of benzene rings is 1. The lowest BCUT2D eigenvalue weighted by Gasteiger charge is -2.46. The van der Waals surface area contributed by atoms with Gasteiger partial charge in [-0.2, -0.15) is 0 Å². The zero-order valence-electron chi connectivity index (χ0n) is 13.8. The van der Waals surface area contributed by atoms with Gasteiger partial charge in [0, 0.05) is 17.6 Å². The quantitative estimate of drug-likeness (QED) is 0.806. The predicted octanol–water partition coefficient (Wildman–Crippen LogP) is 5.22. The maximum absolute atomic E-state index is 13.9. The number of hydrogen-bond acceptors (Lipinski definition) is 1. The Hall–Kier alpha value is -0.960. The molecule has 0 radical (unpaired) electrons. The first-order valence-electron chi connectivity index (χ1n) is 7.79. The molecule has 0 amide bonds. The minimum Gasteiger partial charge on any atom is -0.307 e. The van der Waals surface area contributed by atoms with E-state index in [2.05, 4.69) is 33.0 Å². The van der Waals surface area contributed by atoms with Crippen LogP contribution in [0.3, 0.4) is 0 Å². The largest absolute Gasteiger partial charge is 0.307 e. The third-order valence-corrected chi connectivity index (χ3v) is 4.47. The van der Waals surface area contributed by atoms with E-state index >= 15 is 0 Å². The van der Waals surface area contributed by atoms with Gasteiger partial charge in [-0.3, -0.25) is 0 Å². The zero-order chi connectivity index (χ0) is 15.8.